The highest BCUT2D eigenvalue weighted by Gasteiger charge is 2.17. The summed E-state index contributed by atoms with van der Waals surface area (Å²) in [4.78, 5) is 26.4. The summed E-state index contributed by atoms with van der Waals surface area (Å²) in [6.07, 6.45) is 2.82. The third kappa shape index (κ3) is 6.49. The summed E-state index contributed by atoms with van der Waals surface area (Å²) in [6, 6.07) is 7.52. The van der Waals surface area contributed by atoms with Gasteiger partial charge in [-0.1, -0.05) is 20.8 Å². The molecule has 29 heavy (non-hydrogen) atoms. The lowest BCUT2D eigenvalue weighted by Gasteiger charge is -2.22. The number of ether oxygens (including phenoxy) is 1. The van der Waals surface area contributed by atoms with Crippen molar-refractivity contribution in [3.8, 4) is 0 Å². The number of aromatic nitrogens is 1. The van der Waals surface area contributed by atoms with Crippen molar-refractivity contribution in [3.05, 3.63) is 47.7 Å². The third-order valence-corrected chi connectivity index (χ3v) is 4.96. The molecule has 0 aromatic carbocycles. The van der Waals surface area contributed by atoms with E-state index in [-0.39, 0.29) is 24.5 Å². The minimum absolute atomic E-state index is 0.0293. The largest absolute Gasteiger partial charge is 0.454 e. The van der Waals surface area contributed by atoms with Crippen molar-refractivity contribution in [2.24, 2.45) is 5.92 Å². The smallest absolute Gasteiger partial charge is 0.287 e. The Morgan fingerprint density at radius 3 is 2.66 bits per heavy atom. The van der Waals surface area contributed by atoms with Crippen LogP contribution in [-0.4, -0.2) is 47.6 Å². The van der Waals surface area contributed by atoms with Crippen molar-refractivity contribution in [1.29, 1.82) is 0 Å². The first-order chi connectivity index (χ1) is 13.8. The number of nitrogens with one attached hydrogen (secondary N) is 1. The lowest BCUT2D eigenvalue weighted by Crippen LogP contribution is -2.35. The van der Waals surface area contributed by atoms with Crippen molar-refractivity contribution in [2.75, 3.05) is 20.3 Å². The summed E-state index contributed by atoms with van der Waals surface area (Å²) in [7, 11) is 1.53. The molecular weight excluding hydrogens is 370 g/mol. The maximum absolute atomic E-state index is 12.3. The van der Waals surface area contributed by atoms with E-state index in [1.165, 1.54) is 7.11 Å². The van der Waals surface area contributed by atoms with E-state index in [1.54, 1.807) is 11.0 Å². The van der Waals surface area contributed by atoms with Gasteiger partial charge in [-0.15, -0.1) is 0 Å². The van der Waals surface area contributed by atoms with Crippen LogP contribution in [0.1, 0.15) is 56.1 Å². The fraction of sp³-hybridized carbons (Fsp3) is 0.545. The molecule has 160 valence electrons. The molecule has 0 saturated carbocycles. The topological polar surface area (TPSA) is 76.7 Å². The van der Waals surface area contributed by atoms with Crippen LogP contribution in [0.15, 0.2) is 34.9 Å². The number of hydrogen-bond donors (Lipinski definition) is 1. The average molecular weight is 404 g/mol. The van der Waals surface area contributed by atoms with E-state index in [1.807, 2.05) is 42.8 Å². The number of rotatable bonds is 11. The summed E-state index contributed by atoms with van der Waals surface area (Å²) in [5.74, 6) is 1.12. The van der Waals surface area contributed by atoms with Gasteiger partial charge in [-0.05, 0) is 43.5 Å². The van der Waals surface area contributed by atoms with Crippen LogP contribution in [0.5, 0.6) is 0 Å². The number of nitrogens with zero attached hydrogens (tertiary/aromatic N) is 2. The van der Waals surface area contributed by atoms with Crippen LogP contribution >= 0.6 is 0 Å². The number of furan rings is 1. The van der Waals surface area contributed by atoms with Crippen molar-refractivity contribution in [3.63, 3.8) is 0 Å². The molecule has 2 aromatic rings. The van der Waals surface area contributed by atoms with E-state index in [9.17, 15) is 9.59 Å². The Bertz CT molecular complexity index is 794. The zero-order valence-corrected chi connectivity index (χ0v) is 18.1. The lowest BCUT2D eigenvalue weighted by molar-refractivity contribution is -0.135. The zero-order valence-electron chi connectivity index (χ0n) is 18.1. The summed E-state index contributed by atoms with van der Waals surface area (Å²) in [6.45, 7) is 9.89. The Hall–Kier alpha value is -2.54. The fourth-order valence-corrected chi connectivity index (χ4v) is 2.92. The van der Waals surface area contributed by atoms with Crippen molar-refractivity contribution in [2.45, 2.75) is 53.2 Å². The highest BCUT2D eigenvalue weighted by Crippen LogP contribution is 2.14. The van der Waals surface area contributed by atoms with Gasteiger partial charge in [0.1, 0.15) is 12.4 Å². The molecule has 7 heteroatoms. The van der Waals surface area contributed by atoms with Crippen LogP contribution in [0.3, 0.4) is 0 Å². The summed E-state index contributed by atoms with van der Waals surface area (Å²) < 4.78 is 12.8. The first-order valence-corrected chi connectivity index (χ1v) is 10.2. The quantitative estimate of drug-likeness (QED) is 0.625. The molecule has 0 aliphatic rings. The molecule has 0 spiro atoms. The van der Waals surface area contributed by atoms with E-state index in [0.717, 1.165) is 12.1 Å². The molecule has 1 atom stereocenters. The van der Waals surface area contributed by atoms with E-state index >= 15 is 0 Å². The number of methoxy groups -OCH3 is 1. The predicted octanol–water partition coefficient (Wildman–Crippen LogP) is 3.29. The normalized spacial score (nSPS) is 12.2. The summed E-state index contributed by atoms with van der Waals surface area (Å²) in [5, 5.41) is 2.95. The maximum atomic E-state index is 12.3. The molecule has 2 rings (SSSR count). The average Bonchev–Trinajstić information content (AvgIpc) is 3.31. The van der Waals surface area contributed by atoms with Gasteiger partial charge in [0.2, 0.25) is 5.91 Å². The van der Waals surface area contributed by atoms with Gasteiger partial charge in [0.15, 0.2) is 5.76 Å². The summed E-state index contributed by atoms with van der Waals surface area (Å²) in [5.41, 5.74) is 0.999. The minimum atomic E-state index is -0.204. The van der Waals surface area contributed by atoms with Gasteiger partial charge < -0.3 is 23.9 Å². The van der Waals surface area contributed by atoms with Gasteiger partial charge in [-0.2, -0.15) is 0 Å². The minimum Gasteiger partial charge on any atom is -0.454 e. The van der Waals surface area contributed by atoms with Crippen LogP contribution < -0.4 is 5.32 Å². The van der Waals surface area contributed by atoms with Gasteiger partial charge >= 0.3 is 0 Å². The number of carbonyl (C=O) groups excluding carboxylic acids is 2. The second-order valence-electron chi connectivity index (χ2n) is 7.65. The van der Waals surface area contributed by atoms with E-state index in [0.29, 0.717) is 37.1 Å². The first-order valence-electron chi connectivity index (χ1n) is 10.2. The van der Waals surface area contributed by atoms with Crippen LogP contribution in [-0.2, 0) is 22.6 Å². The van der Waals surface area contributed by atoms with Gasteiger partial charge in [0.25, 0.3) is 5.91 Å². The van der Waals surface area contributed by atoms with Crippen LogP contribution in [0, 0.1) is 5.92 Å². The predicted molar refractivity (Wildman–Crippen MR) is 112 cm³/mol. The number of hydrogen-bond acceptors (Lipinski definition) is 4. The second-order valence-corrected chi connectivity index (χ2v) is 7.65. The summed E-state index contributed by atoms with van der Waals surface area (Å²) >= 11 is 0. The van der Waals surface area contributed by atoms with Gasteiger partial charge in [-0.25, -0.2) is 0 Å². The van der Waals surface area contributed by atoms with Crippen LogP contribution in [0.4, 0.5) is 0 Å². The highest BCUT2D eigenvalue weighted by molar-refractivity contribution is 5.91. The molecular formula is C22H33N3O4. The molecule has 7 nitrogen and oxygen atoms in total. The Labute approximate surface area is 173 Å². The lowest BCUT2D eigenvalue weighted by atomic mass is 10.1. The fourth-order valence-electron chi connectivity index (χ4n) is 2.92. The Kier molecular flexibility index (Phi) is 8.51. The van der Waals surface area contributed by atoms with Crippen molar-refractivity contribution in [1.82, 2.24) is 14.8 Å². The van der Waals surface area contributed by atoms with E-state index < -0.39 is 0 Å². The van der Waals surface area contributed by atoms with Gasteiger partial charge in [0, 0.05) is 31.6 Å². The number of amides is 2. The second kappa shape index (κ2) is 10.9. The van der Waals surface area contributed by atoms with Crippen LogP contribution in [0.2, 0.25) is 0 Å². The number of carbonyl (C=O) groups is 2. The molecule has 0 radical (unpaired) electrons. The SMILES string of the molecule is CCCN(Cc1cccn1Cc1ccc(C(=O)N[C@H](C)C(C)C)o1)C(=O)COC. The molecule has 2 heterocycles. The Morgan fingerprint density at radius 1 is 1.24 bits per heavy atom. The molecule has 2 aromatic heterocycles. The van der Waals surface area contributed by atoms with Gasteiger partial charge in [-0.3, -0.25) is 9.59 Å². The first kappa shape index (κ1) is 22.7. The molecule has 0 unspecified atom stereocenters. The standard InChI is InChI=1S/C22H33N3O4/c1-6-11-25(21(26)15-28-5)13-18-8-7-12-24(18)14-19-9-10-20(29-19)22(27)23-17(4)16(2)3/h7-10,12,16-17H,6,11,13-15H2,1-5H3,(H,23,27)/t17-/m1/s1. The third-order valence-electron chi connectivity index (χ3n) is 4.96. The Balaban J connectivity index is 2.05. The molecule has 0 aliphatic heterocycles. The molecule has 0 saturated heterocycles. The molecule has 0 bridgehead atoms. The van der Waals surface area contributed by atoms with Crippen molar-refractivity contribution >= 4 is 11.8 Å². The maximum Gasteiger partial charge on any atom is 0.287 e. The van der Waals surface area contributed by atoms with Crippen LogP contribution in [0.25, 0.3) is 0 Å². The molecule has 1 N–H and O–H groups in total. The zero-order chi connectivity index (χ0) is 21.4. The molecule has 0 fully saturated rings. The highest BCUT2D eigenvalue weighted by atomic mass is 16.5. The van der Waals surface area contributed by atoms with Gasteiger partial charge in [0.05, 0.1) is 13.1 Å². The van der Waals surface area contributed by atoms with Crippen molar-refractivity contribution < 1.29 is 18.7 Å². The van der Waals surface area contributed by atoms with E-state index in [4.69, 9.17) is 9.15 Å². The molecule has 0 aliphatic carbocycles. The van der Waals surface area contributed by atoms with E-state index in [2.05, 4.69) is 19.2 Å². The Morgan fingerprint density at radius 2 is 2.00 bits per heavy atom. The monoisotopic (exact) mass is 403 g/mol. The molecule has 2 amide bonds.